The normalized spacial score (nSPS) is 10.4. The number of carbonyl (C=O) groups is 1. The van der Waals surface area contributed by atoms with Crippen LogP contribution in [0.3, 0.4) is 0 Å². The Morgan fingerprint density at radius 3 is 2.96 bits per heavy atom. The lowest BCUT2D eigenvalue weighted by Crippen LogP contribution is -2.27. The number of benzene rings is 1. The number of aromatic nitrogens is 2. The summed E-state index contributed by atoms with van der Waals surface area (Å²) >= 11 is 1.20. The van der Waals surface area contributed by atoms with Crippen LogP contribution in [-0.4, -0.2) is 20.4 Å². The highest BCUT2D eigenvalue weighted by atomic mass is 32.1. The van der Waals surface area contributed by atoms with Gasteiger partial charge in [0.25, 0.3) is 11.2 Å². The zero-order chi connectivity index (χ0) is 18.0. The first kappa shape index (κ1) is 16.3. The zero-order valence-corrected chi connectivity index (χ0v) is 13.3. The number of fused-ring (bicyclic) bond motifs is 1. The Bertz CT molecular complexity index is 1100. The Morgan fingerprint density at radius 1 is 1.44 bits per heavy atom. The average molecular weight is 355 g/mol. The van der Waals surface area contributed by atoms with Crippen molar-refractivity contribution in [2.45, 2.75) is 6.54 Å². The molecule has 0 radical (unpaired) electrons. The third kappa shape index (κ3) is 3.22. The van der Waals surface area contributed by atoms with E-state index in [9.17, 15) is 19.7 Å². The van der Waals surface area contributed by atoms with Gasteiger partial charge in [-0.1, -0.05) is 0 Å². The molecule has 0 saturated heterocycles. The molecule has 1 N–H and O–H groups in total. The van der Waals surface area contributed by atoms with Gasteiger partial charge in [-0.3, -0.25) is 24.3 Å². The van der Waals surface area contributed by atoms with Crippen LogP contribution in [0.25, 0.3) is 10.9 Å². The summed E-state index contributed by atoms with van der Waals surface area (Å²) in [7, 11) is 0. The minimum absolute atomic E-state index is 0.170. The van der Waals surface area contributed by atoms with Crippen LogP contribution in [0.5, 0.6) is 0 Å². The number of amides is 1. The molecule has 0 aliphatic heterocycles. The van der Waals surface area contributed by atoms with Gasteiger partial charge in [-0.25, -0.2) is 4.98 Å². The summed E-state index contributed by atoms with van der Waals surface area (Å²) in [6, 6.07) is 7.25. The summed E-state index contributed by atoms with van der Waals surface area (Å²) < 4.78 is 1.10. The van der Waals surface area contributed by atoms with Gasteiger partial charge in [-0.2, -0.15) is 5.26 Å². The van der Waals surface area contributed by atoms with Crippen LogP contribution in [0.15, 0.2) is 40.8 Å². The average Bonchev–Trinajstić information content (AvgIpc) is 3.04. The van der Waals surface area contributed by atoms with Crippen LogP contribution in [0.2, 0.25) is 0 Å². The smallest absolute Gasteiger partial charge is 0.271 e. The van der Waals surface area contributed by atoms with Gasteiger partial charge >= 0.3 is 0 Å². The molecule has 0 fully saturated rings. The highest BCUT2D eigenvalue weighted by molar-refractivity contribution is 7.14. The fraction of sp³-hybridized carbons (Fsp3) is 0.0667. The zero-order valence-electron chi connectivity index (χ0n) is 12.5. The van der Waals surface area contributed by atoms with Crippen LogP contribution in [0.1, 0.15) is 5.56 Å². The van der Waals surface area contributed by atoms with E-state index in [-0.39, 0.29) is 23.1 Å². The fourth-order valence-corrected chi connectivity index (χ4v) is 2.94. The first-order chi connectivity index (χ1) is 12.0. The standard InChI is InChI=1S/C15H9N5O4S/c16-6-9-3-4-25-14(9)18-13(21)7-19-8-17-12-5-10(20(23)24)1-2-11(12)15(19)22/h1-5,8H,7H2,(H,18,21). The summed E-state index contributed by atoms with van der Waals surface area (Å²) in [5, 5.41) is 24.5. The molecule has 0 atom stereocenters. The Kier molecular flexibility index (Phi) is 4.23. The molecule has 9 nitrogen and oxygen atoms in total. The van der Waals surface area contributed by atoms with Crippen molar-refractivity contribution in [2.75, 3.05) is 5.32 Å². The first-order valence-corrected chi connectivity index (χ1v) is 7.78. The largest absolute Gasteiger partial charge is 0.315 e. The maximum atomic E-state index is 12.4. The van der Waals surface area contributed by atoms with E-state index in [0.717, 1.165) is 10.9 Å². The molecule has 0 aliphatic rings. The molecule has 1 amide bonds. The second-order valence-electron chi connectivity index (χ2n) is 4.96. The monoisotopic (exact) mass is 355 g/mol. The Hall–Kier alpha value is -3.58. The van der Waals surface area contributed by atoms with E-state index in [4.69, 9.17) is 5.26 Å². The second-order valence-corrected chi connectivity index (χ2v) is 5.88. The molecule has 0 aliphatic carbocycles. The summed E-state index contributed by atoms with van der Waals surface area (Å²) in [6.45, 7) is -0.290. The molecule has 0 bridgehead atoms. The summed E-state index contributed by atoms with van der Waals surface area (Å²) in [5.74, 6) is -0.482. The maximum absolute atomic E-state index is 12.4. The van der Waals surface area contributed by atoms with Crippen molar-refractivity contribution in [3.63, 3.8) is 0 Å². The van der Waals surface area contributed by atoms with Gasteiger partial charge in [-0.05, 0) is 17.5 Å². The number of anilines is 1. The van der Waals surface area contributed by atoms with Crippen LogP contribution < -0.4 is 10.9 Å². The number of nitro groups is 1. The van der Waals surface area contributed by atoms with Crippen LogP contribution in [0, 0.1) is 21.4 Å². The fourth-order valence-electron chi connectivity index (χ4n) is 2.19. The van der Waals surface area contributed by atoms with Crippen molar-refractivity contribution >= 4 is 38.8 Å². The number of thiophene rings is 1. The lowest BCUT2D eigenvalue weighted by atomic mass is 10.2. The van der Waals surface area contributed by atoms with E-state index in [2.05, 4.69) is 10.3 Å². The third-order valence-electron chi connectivity index (χ3n) is 3.37. The van der Waals surface area contributed by atoms with Crippen molar-refractivity contribution in [1.82, 2.24) is 9.55 Å². The van der Waals surface area contributed by atoms with Crippen molar-refractivity contribution < 1.29 is 9.72 Å². The Balaban J connectivity index is 1.87. The van der Waals surface area contributed by atoms with Crippen molar-refractivity contribution in [3.8, 4) is 6.07 Å². The van der Waals surface area contributed by atoms with Gasteiger partial charge < -0.3 is 5.32 Å². The number of rotatable bonds is 4. The molecular formula is C15H9N5O4S. The summed E-state index contributed by atoms with van der Waals surface area (Å²) in [5.41, 5.74) is -0.131. The third-order valence-corrected chi connectivity index (χ3v) is 4.20. The molecular weight excluding hydrogens is 346 g/mol. The number of non-ortho nitro benzene ring substituents is 1. The number of carbonyl (C=O) groups excluding carboxylic acids is 1. The molecule has 1 aromatic carbocycles. The van der Waals surface area contributed by atoms with E-state index in [1.807, 2.05) is 6.07 Å². The SMILES string of the molecule is N#Cc1ccsc1NC(=O)Cn1cnc2cc([N+](=O)[O-])ccc2c1=O. The van der Waals surface area contributed by atoms with Crippen molar-refractivity contribution in [1.29, 1.82) is 5.26 Å². The van der Waals surface area contributed by atoms with Crippen molar-refractivity contribution in [3.05, 3.63) is 62.0 Å². The molecule has 3 rings (SSSR count). The van der Waals surface area contributed by atoms with E-state index in [0.29, 0.717) is 10.6 Å². The molecule has 2 aromatic heterocycles. The Labute approximate surface area is 143 Å². The van der Waals surface area contributed by atoms with Gasteiger partial charge in [0, 0.05) is 12.1 Å². The van der Waals surface area contributed by atoms with Gasteiger partial charge in [-0.15, -0.1) is 11.3 Å². The number of nitrogens with one attached hydrogen (secondary N) is 1. The molecule has 3 aromatic rings. The lowest BCUT2D eigenvalue weighted by molar-refractivity contribution is -0.384. The van der Waals surface area contributed by atoms with Gasteiger partial charge in [0.1, 0.15) is 17.6 Å². The first-order valence-electron chi connectivity index (χ1n) is 6.90. The predicted molar refractivity (Wildman–Crippen MR) is 90.3 cm³/mol. The predicted octanol–water partition coefficient (Wildman–Crippen LogP) is 1.88. The minimum Gasteiger partial charge on any atom is -0.315 e. The molecule has 0 spiro atoms. The molecule has 124 valence electrons. The number of hydrogen-bond donors (Lipinski definition) is 1. The quantitative estimate of drug-likeness (QED) is 0.561. The minimum atomic E-state index is -0.575. The lowest BCUT2D eigenvalue weighted by Gasteiger charge is -2.07. The van der Waals surface area contributed by atoms with Crippen LogP contribution in [0.4, 0.5) is 10.7 Å². The highest BCUT2D eigenvalue weighted by Gasteiger charge is 2.13. The van der Waals surface area contributed by atoms with Gasteiger partial charge in [0.05, 0.1) is 27.7 Å². The molecule has 0 unspecified atom stereocenters. The molecule has 10 heteroatoms. The number of nitro benzene ring substituents is 1. The topological polar surface area (TPSA) is 131 Å². The molecule has 25 heavy (non-hydrogen) atoms. The Morgan fingerprint density at radius 2 is 2.24 bits per heavy atom. The van der Waals surface area contributed by atoms with E-state index in [1.165, 1.54) is 29.5 Å². The van der Waals surface area contributed by atoms with Crippen molar-refractivity contribution in [2.24, 2.45) is 0 Å². The van der Waals surface area contributed by atoms with Gasteiger partial charge in [0.15, 0.2) is 0 Å². The van der Waals surface area contributed by atoms with E-state index < -0.39 is 16.4 Å². The van der Waals surface area contributed by atoms with E-state index in [1.54, 1.807) is 11.4 Å². The molecule has 2 heterocycles. The van der Waals surface area contributed by atoms with Crippen LogP contribution in [-0.2, 0) is 11.3 Å². The van der Waals surface area contributed by atoms with Crippen LogP contribution >= 0.6 is 11.3 Å². The molecule has 0 saturated carbocycles. The second kappa shape index (κ2) is 6.50. The number of nitrogens with zero attached hydrogens (tertiary/aromatic N) is 4. The van der Waals surface area contributed by atoms with E-state index >= 15 is 0 Å². The summed E-state index contributed by atoms with van der Waals surface area (Å²) in [4.78, 5) is 38.7. The highest BCUT2D eigenvalue weighted by Crippen LogP contribution is 2.22. The number of hydrogen-bond acceptors (Lipinski definition) is 7. The summed E-state index contributed by atoms with van der Waals surface area (Å²) in [6.07, 6.45) is 1.16. The number of nitriles is 1. The maximum Gasteiger partial charge on any atom is 0.271 e. The van der Waals surface area contributed by atoms with Gasteiger partial charge in [0.2, 0.25) is 5.91 Å².